The topological polar surface area (TPSA) is 73.9 Å². The van der Waals surface area contributed by atoms with Crippen LogP contribution in [0.2, 0.25) is 0 Å². The lowest BCUT2D eigenvalue weighted by atomic mass is 10.2. The van der Waals surface area contributed by atoms with Crippen LogP contribution in [0.1, 0.15) is 11.8 Å². The predicted octanol–water partition coefficient (Wildman–Crippen LogP) is 5.02. The number of benzene rings is 2. The lowest BCUT2D eigenvalue weighted by molar-refractivity contribution is -0.148. The molecule has 0 saturated carbocycles. The quantitative estimate of drug-likeness (QED) is 0.396. The summed E-state index contributed by atoms with van der Waals surface area (Å²) in [6.45, 7) is 1.51. The summed E-state index contributed by atoms with van der Waals surface area (Å²) < 4.78 is 15.6. The van der Waals surface area contributed by atoms with E-state index in [0.29, 0.717) is 17.2 Å². The monoisotopic (exact) mass is 437 g/mol. The van der Waals surface area contributed by atoms with Gasteiger partial charge in [-0.3, -0.25) is 4.79 Å². The molecule has 7 heteroatoms. The molecule has 1 aromatic heterocycles. The first-order valence-corrected chi connectivity index (χ1v) is 10.4. The summed E-state index contributed by atoms with van der Waals surface area (Å²) in [6, 6.07) is 18.9. The first-order chi connectivity index (χ1) is 15.0. The number of nitrogens with one attached hydrogen (secondary N) is 1. The Kier molecular flexibility index (Phi) is 7.45. The van der Waals surface area contributed by atoms with Gasteiger partial charge in [0.15, 0.2) is 17.6 Å². The lowest BCUT2D eigenvalue weighted by Gasteiger charge is -2.14. The molecular formula is C24H23NO5S. The van der Waals surface area contributed by atoms with E-state index in [-0.39, 0.29) is 0 Å². The van der Waals surface area contributed by atoms with Crippen molar-refractivity contribution in [2.24, 2.45) is 0 Å². The maximum absolute atomic E-state index is 12.4. The Bertz CT molecular complexity index is 1070. The van der Waals surface area contributed by atoms with Crippen LogP contribution in [-0.4, -0.2) is 32.2 Å². The minimum absolute atomic E-state index is 0.448. The first-order valence-electron chi connectivity index (χ1n) is 9.57. The number of carbonyl (C=O) groups is 2. The molecule has 1 unspecified atom stereocenters. The molecule has 0 spiro atoms. The van der Waals surface area contributed by atoms with Gasteiger partial charge in [-0.25, -0.2) is 4.79 Å². The van der Waals surface area contributed by atoms with E-state index < -0.39 is 18.0 Å². The average molecular weight is 438 g/mol. The Hall–Kier alpha value is -3.58. The third-order valence-electron chi connectivity index (χ3n) is 4.38. The van der Waals surface area contributed by atoms with E-state index in [0.717, 1.165) is 15.3 Å². The number of hydrogen-bond acceptors (Lipinski definition) is 6. The van der Waals surface area contributed by atoms with Crippen molar-refractivity contribution in [2.45, 2.75) is 13.0 Å². The van der Waals surface area contributed by atoms with Crippen LogP contribution < -0.4 is 14.8 Å². The molecule has 0 bridgehead atoms. The van der Waals surface area contributed by atoms with Crippen LogP contribution in [-0.2, 0) is 14.3 Å². The molecule has 160 valence electrons. The highest BCUT2D eigenvalue weighted by Gasteiger charge is 2.17. The fourth-order valence-electron chi connectivity index (χ4n) is 2.78. The Labute approximate surface area is 185 Å². The molecule has 0 radical (unpaired) electrons. The Morgan fingerprint density at radius 3 is 2.42 bits per heavy atom. The van der Waals surface area contributed by atoms with Gasteiger partial charge in [-0.1, -0.05) is 30.3 Å². The summed E-state index contributed by atoms with van der Waals surface area (Å²) in [5.74, 6) is -0.00566. The van der Waals surface area contributed by atoms with Gasteiger partial charge in [0.2, 0.25) is 0 Å². The fraction of sp³-hybridized carbons (Fsp3) is 0.167. The molecule has 3 aromatic rings. The molecule has 1 heterocycles. The minimum Gasteiger partial charge on any atom is -0.493 e. The maximum atomic E-state index is 12.4. The van der Waals surface area contributed by atoms with E-state index in [1.54, 1.807) is 35.6 Å². The van der Waals surface area contributed by atoms with Gasteiger partial charge < -0.3 is 19.5 Å². The van der Waals surface area contributed by atoms with E-state index in [1.165, 1.54) is 27.2 Å². The molecular weight excluding hydrogens is 414 g/mol. The largest absolute Gasteiger partial charge is 0.493 e. The third-order valence-corrected chi connectivity index (χ3v) is 5.48. The first kappa shape index (κ1) is 22.1. The van der Waals surface area contributed by atoms with Crippen molar-refractivity contribution in [3.8, 4) is 21.9 Å². The van der Waals surface area contributed by atoms with Gasteiger partial charge in [-0.15, -0.1) is 11.3 Å². The molecule has 3 rings (SSSR count). The van der Waals surface area contributed by atoms with Crippen molar-refractivity contribution in [3.63, 3.8) is 0 Å². The zero-order valence-corrected chi connectivity index (χ0v) is 18.3. The number of rotatable bonds is 8. The van der Waals surface area contributed by atoms with Crippen LogP contribution in [0.25, 0.3) is 16.5 Å². The van der Waals surface area contributed by atoms with Crippen molar-refractivity contribution in [1.29, 1.82) is 0 Å². The number of ether oxygens (including phenoxy) is 3. The van der Waals surface area contributed by atoms with E-state index >= 15 is 0 Å². The van der Waals surface area contributed by atoms with Crippen LogP contribution in [0, 0.1) is 0 Å². The highest BCUT2D eigenvalue weighted by Crippen LogP contribution is 2.30. The van der Waals surface area contributed by atoms with Crippen molar-refractivity contribution >= 4 is 35.0 Å². The molecule has 2 aromatic carbocycles. The van der Waals surface area contributed by atoms with Gasteiger partial charge >= 0.3 is 5.97 Å². The maximum Gasteiger partial charge on any atom is 0.331 e. The van der Waals surface area contributed by atoms with Gasteiger partial charge in [0, 0.05) is 27.6 Å². The van der Waals surface area contributed by atoms with Crippen LogP contribution in [0.5, 0.6) is 11.5 Å². The standard InChI is InChI=1S/C24H23NO5S/c1-16(24(27)25-18-9-12-20(28-2)21(15-18)29-3)30-23(26)14-11-19-10-13-22(31-19)17-7-5-4-6-8-17/h4-16H,1-3H3,(H,25,27)/b14-11+. The summed E-state index contributed by atoms with van der Waals surface area (Å²) in [5, 5.41) is 2.69. The van der Waals surface area contributed by atoms with E-state index in [9.17, 15) is 9.59 Å². The van der Waals surface area contributed by atoms with Crippen LogP contribution in [0.3, 0.4) is 0 Å². The van der Waals surface area contributed by atoms with Crippen molar-refractivity contribution < 1.29 is 23.8 Å². The Morgan fingerprint density at radius 1 is 0.968 bits per heavy atom. The smallest absolute Gasteiger partial charge is 0.331 e. The van der Waals surface area contributed by atoms with Gasteiger partial charge in [0.05, 0.1) is 14.2 Å². The average Bonchev–Trinajstić information content (AvgIpc) is 3.27. The third kappa shape index (κ3) is 5.96. The lowest BCUT2D eigenvalue weighted by Crippen LogP contribution is -2.29. The zero-order chi connectivity index (χ0) is 22.2. The summed E-state index contributed by atoms with van der Waals surface area (Å²) in [6.07, 6.45) is 2.03. The van der Waals surface area contributed by atoms with Gasteiger partial charge in [0.1, 0.15) is 0 Å². The number of hydrogen-bond donors (Lipinski definition) is 1. The second-order valence-electron chi connectivity index (χ2n) is 6.54. The van der Waals surface area contributed by atoms with Gasteiger partial charge in [0.25, 0.3) is 5.91 Å². The molecule has 0 aliphatic heterocycles. The van der Waals surface area contributed by atoms with Crippen molar-refractivity contribution in [1.82, 2.24) is 0 Å². The number of thiophene rings is 1. The molecule has 1 amide bonds. The molecule has 0 aliphatic rings. The number of esters is 1. The molecule has 0 aliphatic carbocycles. The second-order valence-corrected chi connectivity index (χ2v) is 7.65. The molecule has 6 nitrogen and oxygen atoms in total. The van der Waals surface area contributed by atoms with Crippen LogP contribution >= 0.6 is 11.3 Å². The second kappa shape index (κ2) is 10.4. The summed E-state index contributed by atoms with van der Waals surface area (Å²) >= 11 is 1.57. The number of anilines is 1. The summed E-state index contributed by atoms with van der Waals surface area (Å²) in [4.78, 5) is 26.5. The number of carbonyl (C=O) groups excluding carboxylic acids is 2. The minimum atomic E-state index is -0.964. The van der Waals surface area contributed by atoms with E-state index in [4.69, 9.17) is 14.2 Å². The van der Waals surface area contributed by atoms with E-state index in [1.807, 2.05) is 42.5 Å². The van der Waals surface area contributed by atoms with Crippen molar-refractivity contribution in [2.75, 3.05) is 19.5 Å². The molecule has 1 N–H and O–H groups in total. The van der Waals surface area contributed by atoms with Gasteiger partial charge in [-0.2, -0.15) is 0 Å². The van der Waals surface area contributed by atoms with Gasteiger partial charge in [-0.05, 0) is 42.8 Å². The van der Waals surface area contributed by atoms with Crippen LogP contribution in [0.4, 0.5) is 5.69 Å². The van der Waals surface area contributed by atoms with Crippen molar-refractivity contribution in [3.05, 3.63) is 71.6 Å². The molecule has 0 saturated heterocycles. The zero-order valence-electron chi connectivity index (χ0n) is 17.5. The highest BCUT2D eigenvalue weighted by atomic mass is 32.1. The van der Waals surface area contributed by atoms with Crippen LogP contribution in [0.15, 0.2) is 66.7 Å². The normalized spacial score (nSPS) is 11.7. The number of methoxy groups -OCH3 is 2. The Morgan fingerprint density at radius 2 is 1.71 bits per heavy atom. The Balaban J connectivity index is 1.55. The summed E-state index contributed by atoms with van der Waals surface area (Å²) in [7, 11) is 3.04. The highest BCUT2D eigenvalue weighted by molar-refractivity contribution is 7.16. The molecule has 1 atom stereocenters. The van der Waals surface area contributed by atoms with E-state index in [2.05, 4.69) is 5.32 Å². The predicted molar refractivity (Wildman–Crippen MR) is 123 cm³/mol. The molecule has 31 heavy (non-hydrogen) atoms. The molecule has 0 fully saturated rings. The number of amides is 1. The fourth-order valence-corrected chi connectivity index (χ4v) is 3.69. The summed E-state index contributed by atoms with van der Waals surface area (Å²) in [5.41, 5.74) is 1.63. The SMILES string of the molecule is COc1ccc(NC(=O)C(C)OC(=O)/C=C/c2ccc(-c3ccccc3)s2)cc1OC.